The molecule has 0 radical (unpaired) electrons. The molecule has 6 rings (SSSR count). The number of nitrogens with one attached hydrogen (secondary N) is 2. The molecule has 1 atom stereocenters. The maximum atomic E-state index is 13.7. The minimum Gasteiger partial charge on any atom is -0.492 e. The number of benzene rings is 2. The van der Waals surface area contributed by atoms with Crippen molar-refractivity contribution >= 4 is 64.6 Å². The summed E-state index contributed by atoms with van der Waals surface area (Å²) in [4.78, 5) is 94.2. The molecule has 7 N–H and O–H groups in total. The Bertz CT molecular complexity index is 2360. The number of hydrogen-bond acceptors (Lipinski definition) is 14. The number of primary amides is 1. The topological polar surface area (TPSA) is 292 Å². The van der Waals surface area contributed by atoms with Gasteiger partial charge in [-0.15, -0.1) is 0 Å². The molecule has 1 saturated carbocycles. The van der Waals surface area contributed by atoms with Crippen LogP contribution in [0.15, 0.2) is 54.7 Å². The van der Waals surface area contributed by atoms with Gasteiger partial charge < -0.3 is 41.3 Å². The molecule has 4 amide bonds. The summed E-state index contributed by atoms with van der Waals surface area (Å²) in [5.74, 6) is -6.96. The Labute approximate surface area is 421 Å². The first-order chi connectivity index (χ1) is 34.9. The van der Waals surface area contributed by atoms with E-state index in [1.165, 1.54) is 18.7 Å². The zero-order valence-electron chi connectivity index (χ0n) is 40.6. The highest BCUT2D eigenvalue weighted by atomic mass is 19.3. The maximum Gasteiger partial charge on any atom is 0.317 e. The lowest BCUT2D eigenvalue weighted by Gasteiger charge is -2.32. The predicted molar refractivity (Wildman–Crippen MR) is 263 cm³/mol. The molecule has 2 aromatic carbocycles. The average Bonchev–Trinajstić information content (AvgIpc) is 3.68. The number of hydrogen-bond donors (Lipinski definition) is 6. The monoisotopic (exact) mass is 1020 g/mol. The fourth-order valence-corrected chi connectivity index (χ4v) is 8.74. The van der Waals surface area contributed by atoms with Gasteiger partial charge in [-0.3, -0.25) is 58.1 Å². The number of fused-ring (bicyclic) bond motifs is 1. The van der Waals surface area contributed by atoms with Crippen LogP contribution in [-0.4, -0.2) is 203 Å². The number of ether oxygens (including phenoxy) is 1. The van der Waals surface area contributed by atoms with Crippen molar-refractivity contribution in [3.8, 4) is 11.8 Å². The van der Waals surface area contributed by atoms with Gasteiger partial charge in [-0.05, 0) is 48.2 Å². The molecule has 3 fully saturated rings. The standard InChI is InChI=1S/C34H35F2N5O4.C16H29N5O7/c35-34(36)19-26(20-37)41(22-34)31(42)21-40-33(44)29-14-15-38-30-18-24(10-13-28(29)30)7-6-23-8-11-27(12-9-23)45-17-16-39-32(43)25-4-2-1-3-5-25;17-13(22)9-18-1-3-19(10-14(23)24)5-7-21(12-16(27)28)8-6-20(4-2-18)11-15(25)26/h6-15,18,25-26H,1-5,16-17,19,21-22H2,(H,39,43)(H,40,44);1-12H2,(H2,17,22)(H,23,24)(H,25,26)(H,27,28)/b7-6+;. The highest BCUT2D eigenvalue weighted by Gasteiger charge is 2.47. The van der Waals surface area contributed by atoms with Crippen LogP contribution in [0.4, 0.5) is 8.78 Å². The Morgan fingerprint density at radius 1 is 0.753 bits per heavy atom. The molecule has 73 heavy (non-hydrogen) atoms. The molecule has 3 aliphatic rings. The molecule has 1 aliphatic carbocycles. The number of aromatic nitrogens is 1. The molecular weight excluding hydrogens is 955 g/mol. The van der Waals surface area contributed by atoms with E-state index in [1.54, 1.807) is 31.7 Å². The smallest absolute Gasteiger partial charge is 0.317 e. The third-order valence-corrected chi connectivity index (χ3v) is 12.5. The van der Waals surface area contributed by atoms with E-state index in [9.17, 15) is 42.3 Å². The van der Waals surface area contributed by atoms with Gasteiger partial charge in [-0.2, -0.15) is 5.26 Å². The molecule has 0 spiro atoms. The van der Waals surface area contributed by atoms with Gasteiger partial charge in [0.15, 0.2) is 0 Å². The highest BCUT2D eigenvalue weighted by molar-refractivity contribution is 6.07. The van der Waals surface area contributed by atoms with Crippen LogP contribution in [0, 0.1) is 17.2 Å². The normalized spacial score (nSPS) is 18.6. The van der Waals surface area contributed by atoms with Crippen LogP contribution in [0.25, 0.3) is 23.1 Å². The second-order valence-corrected chi connectivity index (χ2v) is 18.2. The number of nitrogens with two attached hydrogens (primary N) is 1. The number of nitriles is 1. The second-order valence-electron chi connectivity index (χ2n) is 18.2. The molecule has 394 valence electrons. The molecule has 2 aliphatic heterocycles. The lowest BCUT2D eigenvalue weighted by molar-refractivity contribution is -0.140. The van der Waals surface area contributed by atoms with Gasteiger partial charge in [0, 0.05) is 76.3 Å². The van der Waals surface area contributed by atoms with E-state index >= 15 is 0 Å². The van der Waals surface area contributed by atoms with Crippen LogP contribution < -0.4 is 21.1 Å². The third-order valence-electron chi connectivity index (χ3n) is 12.5. The van der Waals surface area contributed by atoms with Crippen molar-refractivity contribution in [1.29, 1.82) is 5.26 Å². The quantitative estimate of drug-likeness (QED) is 0.0784. The summed E-state index contributed by atoms with van der Waals surface area (Å²) in [6.45, 7) is 1.73. The number of carboxylic acids is 3. The summed E-state index contributed by atoms with van der Waals surface area (Å²) < 4.78 is 33.1. The lowest BCUT2D eigenvalue weighted by atomic mass is 9.89. The molecule has 1 unspecified atom stereocenters. The van der Waals surface area contributed by atoms with Crippen molar-refractivity contribution in [2.45, 2.75) is 50.5 Å². The molecule has 3 heterocycles. The van der Waals surface area contributed by atoms with E-state index in [1.807, 2.05) is 48.6 Å². The van der Waals surface area contributed by atoms with Gasteiger partial charge >= 0.3 is 17.9 Å². The van der Waals surface area contributed by atoms with Crippen molar-refractivity contribution in [2.24, 2.45) is 11.7 Å². The molecule has 3 aromatic rings. The van der Waals surface area contributed by atoms with Crippen molar-refractivity contribution in [3.05, 3.63) is 71.4 Å². The molecule has 2 saturated heterocycles. The van der Waals surface area contributed by atoms with Crippen LogP contribution in [0.2, 0.25) is 0 Å². The van der Waals surface area contributed by atoms with Crippen molar-refractivity contribution < 1.29 is 62.4 Å². The van der Waals surface area contributed by atoms with E-state index in [0.717, 1.165) is 41.7 Å². The zero-order valence-corrected chi connectivity index (χ0v) is 40.6. The number of rotatable bonds is 18. The SMILES string of the molecule is N#CC1CC(F)(F)CN1C(=O)CNC(=O)c1ccnc2cc(/C=C/c3ccc(OCCNC(=O)C4CCCCC4)cc3)ccc12.NC(=O)CN1CCN(CC(=O)O)CCN(CC(=O)O)CCN(CC(=O)O)CC1. The Morgan fingerprint density at radius 3 is 1.82 bits per heavy atom. The lowest BCUT2D eigenvalue weighted by Crippen LogP contribution is -2.49. The first-order valence-corrected chi connectivity index (χ1v) is 24.1. The van der Waals surface area contributed by atoms with E-state index < -0.39 is 67.1 Å². The van der Waals surface area contributed by atoms with E-state index in [0.29, 0.717) is 82.2 Å². The molecule has 23 heteroatoms. The number of carbonyl (C=O) groups is 7. The van der Waals surface area contributed by atoms with Gasteiger partial charge in [0.25, 0.3) is 11.8 Å². The minimum absolute atomic E-state index is 0.00698. The predicted octanol–water partition coefficient (Wildman–Crippen LogP) is 1.92. The molecule has 1 aromatic heterocycles. The Kier molecular flexibility index (Phi) is 21.9. The minimum atomic E-state index is -3.12. The molecular formula is C50H64F2N10O11. The maximum absolute atomic E-state index is 13.7. The van der Waals surface area contributed by atoms with Crippen molar-refractivity contribution in [2.75, 3.05) is 105 Å². The first kappa shape index (κ1) is 56.8. The number of amides is 4. The van der Waals surface area contributed by atoms with Crippen LogP contribution in [-0.2, 0) is 28.8 Å². The molecule has 21 nitrogen and oxygen atoms in total. The zero-order chi connectivity index (χ0) is 52.9. The van der Waals surface area contributed by atoms with Gasteiger partial charge in [0.1, 0.15) is 18.4 Å². The number of pyridine rings is 1. The number of likely N-dealkylation sites (tertiary alicyclic amines) is 1. The average molecular weight is 1020 g/mol. The van der Waals surface area contributed by atoms with Gasteiger partial charge in [-0.1, -0.05) is 55.7 Å². The summed E-state index contributed by atoms with van der Waals surface area (Å²) in [6, 6.07) is 15.1. The summed E-state index contributed by atoms with van der Waals surface area (Å²) in [6.07, 6.45) is 10.0. The third kappa shape index (κ3) is 19.4. The van der Waals surface area contributed by atoms with Crippen LogP contribution in [0.3, 0.4) is 0 Å². The Hall–Kier alpha value is -7.13. The van der Waals surface area contributed by atoms with E-state index in [-0.39, 0.29) is 43.6 Å². The number of aliphatic carboxylic acids is 3. The van der Waals surface area contributed by atoms with Crippen LogP contribution in [0.1, 0.15) is 60.0 Å². The van der Waals surface area contributed by atoms with E-state index in [4.69, 9.17) is 31.1 Å². The fourth-order valence-electron chi connectivity index (χ4n) is 8.74. The van der Waals surface area contributed by atoms with Crippen LogP contribution >= 0.6 is 0 Å². The fraction of sp³-hybridized carbons (Fsp3) is 0.500. The summed E-state index contributed by atoms with van der Waals surface area (Å²) in [7, 11) is 0. The van der Waals surface area contributed by atoms with E-state index in [2.05, 4.69) is 15.6 Å². The van der Waals surface area contributed by atoms with Crippen molar-refractivity contribution in [1.82, 2.24) is 40.1 Å². The largest absolute Gasteiger partial charge is 0.492 e. The van der Waals surface area contributed by atoms with Crippen molar-refractivity contribution in [3.63, 3.8) is 0 Å². The summed E-state index contributed by atoms with van der Waals surface area (Å²) >= 11 is 0. The van der Waals surface area contributed by atoms with Gasteiger partial charge in [0.05, 0.1) is 63.0 Å². The Balaban J connectivity index is 0.000000304. The summed E-state index contributed by atoms with van der Waals surface area (Å²) in [5.41, 5.74) is 7.94. The van der Waals surface area contributed by atoms with Gasteiger partial charge in [0.2, 0.25) is 17.7 Å². The van der Waals surface area contributed by atoms with Crippen LogP contribution in [0.5, 0.6) is 5.75 Å². The number of nitrogens with zero attached hydrogens (tertiary/aromatic N) is 7. The summed E-state index contributed by atoms with van der Waals surface area (Å²) in [5, 5.41) is 42.4. The number of halogens is 2. The first-order valence-electron chi connectivity index (χ1n) is 24.1. The number of alkyl halides is 2. The number of carboxylic acid groups (broad SMARTS) is 3. The van der Waals surface area contributed by atoms with Gasteiger partial charge in [-0.25, -0.2) is 8.78 Å². The second kappa shape index (κ2) is 28.2. The Morgan fingerprint density at radius 2 is 1.29 bits per heavy atom. The molecule has 0 bridgehead atoms. The highest BCUT2D eigenvalue weighted by Crippen LogP contribution is 2.32. The number of carbonyl (C=O) groups excluding carboxylic acids is 4.